The summed E-state index contributed by atoms with van der Waals surface area (Å²) in [5.74, 6) is 0.183. The summed E-state index contributed by atoms with van der Waals surface area (Å²) in [6.45, 7) is 3.20. The van der Waals surface area contributed by atoms with Gasteiger partial charge in [-0.2, -0.15) is 14.5 Å². The lowest BCUT2D eigenvalue weighted by Gasteiger charge is -2.26. The van der Waals surface area contributed by atoms with Gasteiger partial charge in [0.25, 0.3) is 0 Å². The number of aromatic nitrogens is 4. The van der Waals surface area contributed by atoms with E-state index in [4.69, 9.17) is 0 Å². The van der Waals surface area contributed by atoms with Gasteiger partial charge in [0, 0.05) is 19.8 Å². The molecule has 24 heavy (non-hydrogen) atoms. The van der Waals surface area contributed by atoms with E-state index < -0.39 is 16.1 Å². The highest BCUT2D eigenvalue weighted by molar-refractivity contribution is 7.89. The minimum atomic E-state index is -3.23. The molecule has 0 amide bonds. The molecule has 1 N–H and O–H groups in total. The van der Waals surface area contributed by atoms with Crippen LogP contribution in [0.3, 0.4) is 0 Å². The third-order valence-electron chi connectivity index (χ3n) is 4.35. The summed E-state index contributed by atoms with van der Waals surface area (Å²) in [6, 6.07) is 3.52. The molecule has 8 nitrogen and oxygen atoms in total. The number of rotatable bonds is 6. The molecule has 0 bridgehead atoms. The molecule has 3 heterocycles. The van der Waals surface area contributed by atoms with Gasteiger partial charge < -0.3 is 5.11 Å². The lowest BCUT2D eigenvalue weighted by Crippen LogP contribution is -2.39. The molecule has 1 aliphatic rings. The second-order valence-electron chi connectivity index (χ2n) is 6.07. The standard InChI is InChI=1S/C15H23N5O3S/c1-3-4-9-24(22,23)19-7-8-20-12(11-19)10-13(17-20)15(21)14-5-6-16-18(14)2/h5-6,10,15,21H,3-4,7-9,11H2,1-2H3/t15-/m1/s1. The predicted octanol–water partition coefficient (Wildman–Crippen LogP) is 0.644. The first-order valence-electron chi connectivity index (χ1n) is 8.13. The van der Waals surface area contributed by atoms with Crippen LogP contribution in [0.25, 0.3) is 0 Å². The number of sulfonamides is 1. The Balaban J connectivity index is 1.79. The van der Waals surface area contributed by atoms with Gasteiger partial charge in [-0.15, -0.1) is 0 Å². The molecule has 0 saturated heterocycles. The van der Waals surface area contributed by atoms with Crippen LogP contribution in [-0.4, -0.2) is 49.7 Å². The van der Waals surface area contributed by atoms with Crippen molar-refractivity contribution in [3.8, 4) is 0 Å². The van der Waals surface area contributed by atoms with Crippen LogP contribution in [0.1, 0.15) is 43.0 Å². The number of fused-ring (bicyclic) bond motifs is 1. The molecule has 0 aromatic carbocycles. The molecule has 2 aromatic heterocycles. The van der Waals surface area contributed by atoms with Gasteiger partial charge in [0.2, 0.25) is 10.0 Å². The fourth-order valence-corrected chi connectivity index (χ4v) is 4.50. The number of hydrogen-bond donors (Lipinski definition) is 1. The fraction of sp³-hybridized carbons (Fsp3) is 0.600. The van der Waals surface area contributed by atoms with Crippen LogP contribution < -0.4 is 0 Å². The molecule has 0 radical (unpaired) electrons. The second kappa shape index (κ2) is 6.66. The van der Waals surface area contributed by atoms with Crippen LogP contribution in [0.15, 0.2) is 18.3 Å². The molecule has 9 heteroatoms. The highest BCUT2D eigenvalue weighted by Crippen LogP contribution is 2.24. The summed E-state index contributed by atoms with van der Waals surface area (Å²) in [5.41, 5.74) is 1.97. The maximum Gasteiger partial charge on any atom is 0.214 e. The van der Waals surface area contributed by atoms with Crippen LogP contribution >= 0.6 is 0 Å². The summed E-state index contributed by atoms with van der Waals surface area (Å²) in [5, 5.41) is 19.0. The minimum Gasteiger partial charge on any atom is -0.380 e. The van der Waals surface area contributed by atoms with Crippen molar-refractivity contribution in [2.75, 3.05) is 12.3 Å². The van der Waals surface area contributed by atoms with Crippen molar-refractivity contribution < 1.29 is 13.5 Å². The van der Waals surface area contributed by atoms with Gasteiger partial charge in [-0.25, -0.2) is 8.42 Å². The third kappa shape index (κ3) is 3.24. The maximum atomic E-state index is 12.4. The Labute approximate surface area is 141 Å². The van der Waals surface area contributed by atoms with Crippen molar-refractivity contribution in [2.45, 2.75) is 39.0 Å². The molecule has 1 aliphatic heterocycles. The molecule has 1 atom stereocenters. The Hall–Kier alpha value is -1.71. The first-order chi connectivity index (χ1) is 11.4. The lowest BCUT2D eigenvalue weighted by atomic mass is 10.2. The Morgan fingerprint density at radius 1 is 1.38 bits per heavy atom. The Morgan fingerprint density at radius 3 is 2.83 bits per heavy atom. The normalized spacial score (nSPS) is 17.0. The van der Waals surface area contributed by atoms with Gasteiger partial charge in [0.05, 0.1) is 35.9 Å². The van der Waals surface area contributed by atoms with E-state index in [-0.39, 0.29) is 5.75 Å². The van der Waals surface area contributed by atoms with Gasteiger partial charge in [0.1, 0.15) is 6.10 Å². The summed E-state index contributed by atoms with van der Waals surface area (Å²) >= 11 is 0. The van der Waals surface area contributed by atoms with Gasteiger partial charge in [-0.3, -0.25) is 9.36 Å². The summed E-state index contributed by atoms with van der Waals surface area (Å²) in [7, 11) is -1.47. The van der Waals surface area contributed by atoms with Crippen molar-refractivity contribution in [3.05, 3.63) is 35.4 Å². The Morgan fingerprint density at radius 2 is 2.17 bits per heavy atom. The van der Waals surface area contributed by atoms with E-state index in [1.165, 1.54) is 4.31 Å². The monoisotopic (exact) mass is 353 g/mol. The molecular weight excluding hydrogens is 330 g/mol. The third-order valence-corrected chi connectivity index (χ3v) is 6.25. The largest absolute Gasteiger partial charge is 0.380 e. The topological polar surface area (TPSA) is 93.2 Å². The summed E-state index contributed by atoms with van der Waals surface area (Å²) < 4.78 is 29.6. The van der Waals surface area contributed by atoms with Gasteiger partial charge in [-0.05, 0) is 18.6 Å². The van der Waals surface area contributed by atoms with Crippen LogP contribution in [0.2, 0.25) is 0 Å². The average molecular weight is 353 g/mol. The highest BCUT2D eigenvalue weighted by Gasteiger charge is 2.28. The van der Waals surface area contributed by atoms with Gasteiger partial charge in [0.15, 0.2) is 0 Å². The first-order valence-corrected chi connectivity index (χ1v) is 9.73. The summed E-state index contributed by atoms with van der Waals surface area (Å²) in [4.78, 5) is 0. The number of hydrogen-bond acceptors (Lipinski definition) is 5. The minimum absolute atomic E-state index is 0.183. The Kier molecular flexibility index (Phi) is 4.75. The number of unbranched alkanes of at least 4 members (excludes halogenated alkanes) is 1. The molecule has 0 unspecified atom stereocenters. The zero-order chi connectivity index (χ0) is 17.3. The number of aryl methyl sites for hydroxylation is 1. The number of aliphatic hydroxyl groups excluding tert-OH is 1. The smallest absolute Gasteiger partial charge is 0.214 e. The molecule has 0 aliphatic carbocycles. The lowest BCUT2D eigenvalue weighted by molar-refractivity contribution is 0.203. The van der Waals surface area contributed by atoms with E-state index in [1.807, 2.05) is 6.92 Å². The molecule has 3 rings (SSSR count). The first kappa shape index (κ1) is 17.1. The number of aliphatic hydroxyl groups is 1. The zero-order valence-corrected chi connectivity index (χ0v) is 14.8. The van der Waals surface area contributed by atoms with Gasteiger partial charge >= 0.3 is 0 Å². The quantitative estimate of drug-likeness (QED) is 0.823. The molecule has 0 saturated carbocycles. The van der Waals surface area contributed by atoms with Gasteiger partial charge in [-0.1, -0.05) is 13.3 Å². The van der Waals surface area contributed by atoms with Crippen LogP contribution in [0.4, 0.5) is 0 Å². The highest BCUT2D eigenvalue weighted by atomic mass is 32.2. The van der Waals surface area contributed by atoms with E-state index >= 15 is 0 Å². The van der Waals surface area contributed by atoms with Crippen LogP contribution in [0.5, 0.6) is 0 Å². The second-order valence-corrected chi connectivity index (χ2v) is 8.16. The summed E-state index contributed by atoms with van der Waals surface area (Å²) in [6.07, 6.45) is 2.27. The maximum absolute atomic E-state index is 12.4. The number of nitrogens with zero attached hydrogens (tertiary/aromatic N) is 5. The zero-order valence-electron chi connectivity index (χ0n) is 14.0. The van der Waals surface area contributed by atoms with Crippen molar-refractivity contribution in [1.82, 2.24) is 23.9 Å². The molecule has 0 spiro atoms. The molecule has 0 fully saturated rings. The fourth-order valence-electron chi connectivity index (χ4n) is 2.90. The van der Waals surface area contributed by atoms with Crippen molar-refractivity contribution in [3.63, 3.8) is 0 Å². The Bertz CT molecular complexity index is 811. The SMILES string of the molecule is CCCCS(=O)(=O)N1CCn2nc([C@@H](O)c3ccnn3C)cc2C1. The van der Waals surface area contributed by atoms with E-state index in [1.54, 1.807) is 34.7 Å². The molecule has 132 valence electrons. The molecular formula is C15H23N5O3S. The van der Waals surface area contributed by atoms with Crippen LogP contribution in [0, 0.1) is 0 Å². The van der Waals surface area contributed by atoms with E-state index in [0.717, 1.165) is 12.1 Å². The van der Waals surface area contributed by atoms with Crippen molar-refractivity contribution >= 4 is 10.0 Å². The van der Waals surface area contributed by atoms with E-state index in [9.17, 15) is 13.5 Å². The van der Waals surface area contributed by atoms with E-state index in [2.05, 4.69) is 10.2 Å². The van der Waals surface area contributed by atoms with Crippen molar-refractivity contribution in [2.24, 2.45) is 7.05 Å². The van der Waals surface area contributed by atoms with Crippen molar-refractivity contribution in [1.29, 1.82) is 0 Å². The average Bonchev–Trinajstić information content (AvgIpc) is 3.17. The van der Waals surface area contributed by atoms with Crippen LogP contribution in [-0.2, 0) is 30.2 Å². The van der Waals surface area contributed by atoms with E-state index in [0.29, 0.717) is 37.4 Å². The predicted molar refractivity (Wildman–Crippen MR) is 88.6 cm³/mol. The molecule has 2 aromatic rings.